The average Bonchev–Trinajstić information content (AvgIpc) is 2.17. The lowest BCUT2D eigenvalue weighted by Crippen LogP contribution is -2.39. The molecule has 0 bridgehead atoms. The number of likely N-dealkylation sites (tertiary alicyclic amines) is 1. The summed E-state index contributed by atoms with van der Waals surface area (Å²) in [6.07, 6.45) is 2.45. The molecule has 0 amide bonds. The average molecular weight is 226 g/mol. The Labute approximate surface area is 95.4 Å². The molecule has 1 saturated heterocycles. The minimum absolute atomic E-state index is 0.495. The summed E-state index contributed by atoms with van der Waals surface area (Å²) in [5, 5.41) is 3.96. The molecule has 4 heteroatoms. The van der Waals surface area contributed by atoms with Crippen molar-refractivity contribution in [2.75, 3.05) is 25.5 Å². The molecule has 1 aliphatic rings. The minimum Gasteiger partial charge on any atom is -0.366 e. The highest BCUT2D eigenvalue weighted by atomic mass is 35.5. The number of piperidine rings is 1. The SMILES string of the molecule is CN1CCCC(Nc2cccc(Cl)n2)C1. The third-order valence-corrected chi connectivity index (χ3v) is 2.90. The monoisotopic (exact) mass is 225 g/mol. The highest BCUT2D eigenvalue weighted by molar-refractivity contribution is 6.29. The van der Waals surface area contributed by atoms with Gasteiger partial charge in [0.25, 0.3) is 0 Å². The fourth-order valence-electron chi connectivity index (χ4n) is 1.98. The van der Waals surface area contributed by atoms with Gasteiger partial charge in [0.2, 0.25) is 0 Å². The molecule has 2 heterocycles. The standard InChI is InChI=1S/C11H16ClN3/c1-15-7-3-4-9(8-15)13-11-6-2-5-10(12)14-11/h2,5-6,9H,3-4,7-8H2,1H3,(H,13,14). The van der Waals surface area contributed by atoms with Crippen molar-refractivity contribution in [1.29, 1.82) is 0 Å². The minimum atomic E-state index is 0.495. The number of pyridine rings is 1. The quantitative estimate of drug-likeness (QED) is 0.783. The molecule has 0 saturated carbocycles. The van der Waals surface area contributed by atoms with Crippen molar-refractivity contribution in [3.63, 3.8) is 0 Å². The van der Waals surface area contributed by atoms with E-state index in [9.17, 15) is 0 Å². The maximum atomic E-state index is 5.83. The van der Waals surface area contributed by atoms with Crippen molar-refractivity contribution >= 4 is 17.4 Å². The van der Waals surface area contributed by atoms with E-state index in [-0.39, 0.29) is 0 Å². The fraction of sp³-hybridized carbons (Fsp3) is 0.545. The van der Waals surface area contributed by atoms with E-state index in [4.69, 9.17) is 11.6 Å². The van der Waals surface area contributed by atoms with Crippen LogP contribution in [0.2, 0.25) is 5.15 Å². The van der Waals surface area contributed by atoms with E-state index in [1.807, 2.05) is 12.1 Å². The van der Waals surface area contributed by atoms with Crippen LogP contribution in [0.3, 0.4) is 0 Å². The van der Waals surface area contributed by atoms with Gasteiger partial charge in [-0.2, -0.15) is 0 Å². The maximum Gasteiger partial charge on any atom is 0.131 e. The molecule has 82 valence electrons. The van der Waals surface area contributed by atoms with Crippen LogP contribution < -0.4 is 5.32 Å². The highest BCUT2D eigenvalue weighted by Crippen LogP contribution is 2.15. The largest absolute Gasteiger partial charge is 0.366 e. The lowest BCUT2D eigenvalue weighted by atomic mass is 10.1. The molecule has 0 radical (unpaired) electrons. The lowest BCUT2D eigenvalue weighted by Gasteiger charge is -2.30. The van der Waals surface area contributed by atoms with Crippen LogP contribution in [0, 0.1) is 0 Å². The van der Waals surface area contributed by atoms with Crippen molar-refractivity contribution in [3.8, 4) is 0 Å². The van der Waals surface area contributed by atoms with E-state index in [2.05, 4.69) is 22.2 Å². The molecule has 0 spiro atoms. The van der Waals surface area contributed by atoms with Crippen LogP contribution >= 0.6 is 11.6 Å². The first-order chi connectivity index (χ1) is 7.24. The van der Waals surface area contributed by atoms with Gasteiger partial charge in [-0.1, -0.05) is 17.7 Å². The van der Waals surface area contributed by atoms with Gasteiger partial charge in [-0.3, -0.25) is 0 Å². The number of likely N-dealkylation sites (N-methyl/N-ethyl adjacent to an activating group) is 1. The molecule has 1 aromatic heterocycles. The van der Waals surface area contributed by atoms with E-state index in [0.717, 1.165) is 12.4 Å². The topological polar surface area (TPSA) is 28.2 Å². The molecule has 0 aromatic carbocycles. The van der Waals surface area contributed by atoms with E-state index in [0.29, 0.717) is 11.2 Å². The zero-order valence-corrected chi connectivity index (χ0v) is 9.67. The number of aromatic nitrogens is 1. The summed E-state index contributed by atoms with van der Waals surface area (Å²) in [7, 11) is 2.15. The Bertz CT molecular complexity index is 329. The Hall–Kier alpha value is -0.800. The third kappa shape index (κ3) is 3.08. The van der Waals surface area contributed by atoms with Crippen molar-refractivity contribution in [3.05, 3.63) is 23.4 Å². The first kappa shape index (κ1) is 10.7. The second-order valence-electron chi connectivity index (χ2n) is 4.09. The predicted octanol–water partition coefficient (Wildman–Crippen LogP) is 2.24. The molecule has 0 aliphatic carbocycles. The van der Waals surface area contributed by atoms with Gasteiger partial charge in [0, 0.05) is 12.6 Å². The molecular formula is C11H16ClN3. The molecule has 1 N–H and O–H groups in total. The number of anilines is 1. The Morgan fingerprint density at radius 2 is 2.40 bits per heavy atom. The van der Waals surface area contributed by atoms with Gasteiger partial charge in [-0.25, -0.2) is 4.98 Å². The summed E-state index contributed by atoms with van der Waals surface area (Å²) in [6, 6.07) is 6.17. The van der Waals surface area contributed by atoms with Gasteiger partial charge in [-0.15, -0.1) is 0 Å². The summed E-state index contributed by atoms with van der Waals surface area (Å²) in [4.78, 5) is 6.57. The second kappa shape index (κ2) is 4.81. The Kier molecular flexibility index (Phi) is 3.44. The van der Waals surface area contributed by atoms with Crippen LogP contribution in [0.25, 0.3) is 0 Å². The molecule has 15 heavy (non-hydrogen) atoms. The van der Waals surface area contributed by atoms with E-state index >= 15 is 0 Å². The number of nitrogens with zero attached hydrogens (tertiary/aromatic N) is 2. The van der Waals surface area contributed by atoms with Crippen LogP contribution in [-0.2, 0) is 0 Å². The Balaban J connectivity index is 1.96. The normalized spacial score (nSPS) is 22.7. The third-order valence-electron chi connectivity index (χ3n) is 2.69. The summed E-state index contributed by atoms with van der Waals surface area (Å²) in [5.74, 6) is 0.878. The summed E-state index contributed by atoms with van der Waals surface area (Å²) >= 11 is 5.83. The number of rotatable bonds is 2. The molecule has 1 unspecified atom stereocenters. The van der Waals surface area contributed by atoms with Gasteiger partial charge < -0.3 is 10.2 Å². The lowest BCUT2D eigenvalue weighted by molar-refractivity contribution is 0.261. The van der Waals surface area contributed by atoms with Crippen LogP contribution in [0.15, 0.2) is 18.2 Å². The second-order valence-corrected chi connectivity index (χ2v) is 4.48. The van der Waals surface area contributed by atoms with Crippen LogP contribution in [0.4, 0.5) is 5.82 Å². The molecule has 1 aromatic rings. The Morgan fingerprint density at radius 1 is 1.53 bits per heavy atom. The predicted molar refractivity (Wildman–Crippen MR) is 63.4 cm³/mol. The number of hydrogen-bond acceptors (Lipinski definition) is 3. The van der Waals surface area contributed by atoms with Gasteiger partial charge in [0.15, 0.2) is 0 Å². The number of nitrogens with one attached hydrogen (secondary N) is 1. The van der Waals surface area contributed by atoms with Crippen molar-refractivity contribution in [2.24, 2.45) is 0 Å². The summed E-state index contributed by atoms with van der Waals surface area (Å²) < 4.78 is 0. The van der Waals surface area contributed by atoms with Crippen LogP contribution in [-0.4, -0.2) is 36.1 Å². The molecular weight excluding hydrogens is 210 g/mol. The van der Waals surface area contributed by atoms with E-state index < -0.39 is 0 Å². The molecule has 1 fully saturated rings. The smallest absolute Gasteiger partial charge is 0.131 e. The zero-order valence-electron chi connectivity index (χ0n) is 8.91. The van der Waals surface area contributed by atoms with E-state index in [1.54, 1.807) is 6.07 Å². The van der Waals surface area contributed by atoms with Gasteiger partial charge >= 0.3 is 0 Å². The number of hydrogen-bond donors (Lipinski definition) is 1. The van der Waals surface area contributed by atoms with Crippen molar-refractivity contribution in [1.82, 2.24) is 9.88 Å². The molecule has 1 atom stereocenters. The summed E-state index contributed by atoms with van der Waals surface area (Å²) in [5.41, 5.74) is 0. The van der Waals surface area contributed by atoms with Crippen LogP contribution in [0.5, 0.6) is 0 Å². The molecule has 1 aliphatic heterocycles. The zero-order chi connectivity index (χ0) is 10.7. The molecule has 2 rings (SSSR count). The maximum absolute atomic E-state index is 5.83. The number of halogens is 1. The summed E-state index contributed by atoms with van der Waals surface area (Å²) in [6.45, 7) is 2.27. The molecule has 3 nitrogen and oxygen atoms in total. The van der Waals surface area contributed by atoms with Gasteiger partial charge in [0.05, 0.1) is 0 Å². The first-order valence-electron chi connectivity index (χ1n) is 5.32. The Morgan fingerprint density at radius 3 is 3.13 bits per heavy atom. The highest BCUT2D eigenvalue weighted by Gasteiger charge is 2.16. The van der Waals surface area contributed by atoms with Gasteiger partial charge in [0.1, 0.15) is 11.0 Å². The van der Waals surface area contributed by atoms with Crippen molar-refractivity contribution in [2.45, 2.75) is 18.9 Å². The van der Waals surface area contributed by atoms with E-state index in [1.165, 1.54) is 19.4 Å². The first-order valence-corrected chi connectivity index (χ1v) is 5.69. The fourth-order valence-corrected chi connectivity index (χ4v) is 2.15. The van der Waals surface area contributed by atoms with Crippen molar-refractivity contribution < 1.29 is 0 Å². The van der Waals surface area contributed by atoms with Crippen LogP contribution in [0.1, 0.15) is 12.8 Å². The van der Waals surface area contributed by atoms with Gasteiger partial charge in [-0.05, 0) is 38.6 Å².